The van der Waals surface area contributed by atoms with Crippen LogP contribution in [0.2, 0.25) is 0 Å². The molecule has 0 spiro atoms. The number of hydrogen-bond donors (Lipinski definition) is 1. The number of likely N-dealkylation sites (N-methyl/N-ethyl adjacent to an activating group) is 1. The molecule has 0 aliphatic heterocycles. The maximum atomic E-state index is 13.6. The Morgan fingerprint density at radius 3 is 2.48 bits per heavy atom. The fourth-order valence-corrected chi connectivity index (χ4v) is 3.31. The highest BCUT2D eigenvalue weighted by Crippen LogP contribution is 2.28. The first kappa shape index (κ1) is 20.6. The van der Waals surface area contributed by atoms with E-state index in [1.54, 1.807) is 6.07 Å². The number of para-hydroxylation sites is 2. The third kappa shape index (κ3) is 5.42. The minimum absolute atomic E-state index is 0.178. The number of amides is 1. The number of ether oxygens (including phenoxy) is 1. The number of nitrogens with zero attached hydrogens (tertiary/aromatic N) is 1. The Labute approximate surface area is 170 Å². The minimum Gasteiger partial charge on any atom is -0.492 e. The smallest absolute Gasteiger partial charge is 0.246 e. The van der Waals surface area contributed by atoms with Gasteiger partial charge in [0, 0.05) is 6.54 Å². The number of carbonyl (C=O) groups is 1. The van der Waals surface area contributed by atoms with Gasteiger partial charge in [-0.05, 0) is 49.4 Å². The monoisotopic (exact) mass is 392 g/mol. The van der Waals surface area contributed by atoms with Crippen molar-refractivity contribution >= 4 is 11.6 Å². The van der Waals surface area contributed by atoms with Crippen molar-refractivity contribution in [1.29, 1.82) is 0 Å². The first-order valence-corrected chi connectivity index (χ1v) is 9.60. The van der Waals surface area contributed by atoms with Crippen LogP contribution in [0, 0.1) is 5.82 Å². The summed E-state index contributed by atoms with van der Waals surface area (Å²) in [6.45, 7) is 2.84. The number of hydrogen-bond acceptors (Lipinski definition) is 3. The summed E-state index contributed by atoms with van der Waals surface area (Å²) in [4.78, 5) is 15.2. The standard InChI is InChI=1S/C24H25FN2O2/c1-3-29-22-15-8-7-14-21(22)26-24(28)23(19-11-5-4-6-12-19)27(2)17-18-10-9-13-20(25)16-18/h4-16,23H,3,17H2,1-2H3,(H,26,28)/t23-/m1/s1. The second-order valence-electron chi connectivity index (χ2n) is 6.78. The van der Waals surface area contributed by atoms with Gasteiger partial charge in [-0.15, -0.1) is 0 Å². The second-order valence-corrected chi connectivity index (χ2v) is 6.78. The predicted octanol–water partition coefficient (Wildman–Crippen LogP) is 5.04. The molecular weight excluding hydrogens is 367 g/mol. The van der Waals surface area contributed by atoms with Gasteiger partial charge in [0.1, 0.15) is 17.6 Å². The van der Waals surface area contributed by atoms with E-state index in [9.17, 15) is 9.18 Å². The average molecular weight is 392 g/mol. The lowest BCUT2D eigenvalue weighted by Crippen LogP contribution is -2.34. The summed E-state index contributed by atoms with van der Waals surface area (Å²) in [6, 6.07) is 22.8. The number of rotatable bonds is 8. The lowest BCUT2D eigenvalue weighted by atomic mass is 10.0. The summed E-state index contributed by atoms with van der Waals surface area (Å²) in [7, 11) is 1.86. The Kier molecular flexibility index (Phi) is 6.98. The van der Waals surface area contributed by atoms with Crippen LogP contribution in [0.5, 0.6) is 5.75 Å². The Hall–Kier alpha value is -3.18. The molecule has 3 rings (SSSR count). The molecule has 1 amide bonds. The van der Waals surface area contributed by atoms with E-state index < -0.39 is 6.04 Å². The summed E-state index contributed by atoms with van der Waals surface area (Å²) in [5.41, 5.74) is 2.29. The zero-order chi connectivity index (χ0) is 20.6. The molecule has 0 aliphatic rings. The summed E-state index contributed by atoms with van der Waals surface area (Å²) in [5, 5.41) is 2.99. The highest BCUT2D eigenvalue weighted by atomic mass is 19.1. The van der Waals surface area contributed by atoms with Gasteiger partial charge in [0.2, 0.25) is 5.91 Å². The SMILES string of the molecule is CCOc1ccccc1NC(=O)[C@@H](c1ccccc1)N(C)Cc1cccc(F)c1. The second kappa shape index (κ2) is 9.85. The van der Waals surface area contributed by atoms with Crippen molar-refractivity contribution in [3.05, 3.63) is 95.8 Å². The molecule has 3 aromatic carbocycles. The number of benzene rings is 3. The number of carbonyl (C=O) groups excluding carboxylic acids is 1. The van der Waals surface area contributed by atoms with Crippen molar-refractivity contribution in [1.82, 2.24) is 4.90 Å². The van der Waals surface area contributed by atoms with Crippen molar-refractivity contribution in [3.63, 3.8) is 0 Å². The van der Waals surface area contributed by atoms with E-state index in [1.807, 2.05) is 79.5 Å². The molecule has 0 fully saturated rings. The first-order chi connectivity index (χ1) is 14.1. The molecule has 0 saturated heterocycles. The normalized spacial score (nSPS) is 11.9. The molecule has 150 valence electrons. The van der Waals surface area contributed by atoms with E-state index in [4.69, 9.17) is 4.74 Å². The van der Waals surface area contributed by atoms with Gasteiger partial charge in [-0.1, -0.05) is 54.6 Å². The fourth-order valence-electron chi connectivity index (χ4n) is 3.31. The predicted molar refractivity (Wildman–Crippen MR) is 113 cm³/mol. The Bertz CT molecular complexity index is 946. The minimum atomic E-state index is -0.547. The van der Waals surface area contributed by atoms with Gasteiger partial charge in [-0.3, -0.25) is 9.69 Å². The maximum Gasteiger partial charge on any atom is 0.246 e. The average Bonchev–Trinajstić information content (AvgIpc) is 2.70. The van der Waals surface area contributed by atoms with Crippen LogP contribution in [0.4, 0.5) is 10.1 Å². The molecule has 0 radical (unpaired) electrons. The molecular formula is C24H25FN2O2. The van der Waals surface area contributed by atoms with Crippen molar-refractivity contribution < 1.29 is 13.9 Å². The molecule has 4 nitrogen and oxygen atoms in total. The van der Waals surface area contributed by atoms with Crippen LogP contribution >= 0.6 is 0 Å². The van der Waals surface area contributed by atoms with Crippen LogP contribution in [-0.4, -0.2) is 24.5 Å². The quantitative estimate of drug-likeness (QED) is 0.584. The molecule has 0 heterocycles. The summed E-state index contributed by atoms with van der Waals surface area (Å²) in [5.74, 6) is 0.160. The molecule has 1 atom stereocenters. The largest absolute Gasteiger partial charge is 0.492 e. The van der Waals surface area contributed by atoms with Crippen molar-refractivity contribution in [3.8, 4) is 5.75 Å². The molecule has 3 aromatic rings. The Balaban J connectivity index is 1.86. The van der Waals surface area contributed by atoms with Gasteiger partial charge < -0.3 is 10.1 Å². The van der Waals surface area contributed by atoms with Crippen LogP contribution in [0.15, 0.2) is 78.9 Å². The molecule has 0 aliphatic carbocycles. The van der Waals surface area contributed by atoms with Gasteiger partial charge in [0.25, 0.3) is 0 Å². The van der Waals surface area contributed by atoms with Crippen molar-refractivity contribution in [2.24, 2.45) is 0 Å². The molecule has 0 aromatic heterocycles. The molecule has 5 heteroatoms. The van der Waals surface area contributed by atoms with Crippen LogP contribution in [0.3, 0.4) is 0 Å². The Morgan fingerprint density at radius 1 is 1.03 bits per heavy atom. The summed E-state index contributed by atoms with van der Waals surface area (Å²) < 4.78 is 19.2. The van der Waals surface area contributed by atoms with Crippen LogP contribution in [-0.2, 0) is 11.3 Å². The lowest BCUT2D eigenvalue weighted by molar-refractivity contribution is -0.121. The molecule has 0 bridgehead atoms. The highest BCUT2D eigenvalue weighted by molar-refractivity contribution is 5.96. The van der Waals surface area contributed by atoms with E-state index in [-0.39, 0.29) is 11.7 Å². The van der Waals surface area contributed by atoms with Crippen LogP contribution in [0.1, 0.15) is 24.1 Å². The lowest BCUT2D eigenvalue weighted by Gasteiger charge is -2.28. The van der Waals surface area contributed by atoms with Gasteiger partial charge in [0.05, 0.1) is 12.3 Å². The first-order valence-electron chi connectivity index (χ1n) is 9.60. The van der Waals surface area contributed by atoms with Crippen LogP contribution < -0.4 is 10.1 Å². The van der Waals surface area contributed by atoms with E-state index in [1.165, 1.54) is 12.1 Å². The van der Waals surface area contributed by atoms with Gasteiger partial charge in [-0.25, -0.2) is 4.39 Å². The number of halogens is 1. The number of anilines is 1. The van der Waals surface area contributed by atoms with Crippen LogP contribution in [0.25, 0.3) is 0 Å². The third-order valence-corrected chi connectivity index (χ3v) is 4.57. The topological polar surface area (TPSA) is 41.6 Å². The number of nitrogens with one attached hydrogen (secondary N) is 1. The zero-order valence-electron chi connectivity index (χ0n) is 16.6. The molecule has 0 saturated carbocycles. The van der Waals surface area contributed by atoms with Gasteiger partial charge in [-0.2, -0.15) is 0 Å². The summed E-state index contributed by atoms with van der Waals surface area (Å²) in [6.07, 6.45) is 0. The van der Waals surface area contributed by atoms with E-state index in [2.05, 4.69) is 5.32 Å². The van der Waals surface area contributed by atoms with Gasteiger partial charge in [0.15, 0.2) is 0 Å². The van der Waals surface area contributed by atoms with E-state index in [0.717, 1.165) is 11.1 Å². The zero-order valence-corrected chi connectivity index (χ0v) is 16.6. The van der Waals surface area contributed by atoms with E-state index in [0.29, 0.717) is 24.6 Å². The Morgan fingerprint density at radius 2 is 1.76 bits per heavy atom. The summed E-state index contributed by atoms with van der Waals surface area (Å²) >= 11 is 0. The molecule has 29 heavy (non-hydrogen) atoms. The van der Waals surface area contributed by atoms with Crippen molar-refractivity contribution in [2.45, 2.75) is 19.5 Å². The van der Waals surface area contributed by atoms with Gasteiger partial charge >= 0.3 is 0 Å². The maximum absolute atomic E-state index is 13.6. The fraction of sp³-hybridized carbons (Fsp3) is 0.208. The molecule has 0 unspecified atom stereocenters. The highest BCUT2D eigenvalue weighted by Gasteiger charge is 2.26. The molecule has 1 N–H and O–H groups in total. The van der Waals surface area contributed by atoms with Crippen molar-refractivity contribution in [2.75, 3.05) is 19.0 Å². The van der Waals surface area contributed by atoms with E-state index >= 15 is 0 Å². The third-order valence-electron chi connectivity index (χ3n) is 4.57.